The molecule has 1 aromatic carbocycles. The van der Waals surface area contributed by atoms with Crippen LogP contribution < -0.4 is 4.74 Å². The fraction of sp³-hybridized carbons (Fsp3) is 0.625. The van der Waals surface area contributed by atoms with Gasteiger partial charge in [-0.05, 0) is 24.0 Å². The van der Waals surface area contributed by atoms with Crippen LogP contribution in [0.25, 0.3) is 0 Å². The van der Waals surface area contributed by atoms with Crippen molar-refractivity contribution in [2.24, 2.45) is 0 Å². The average Bonchev–Trinajstić information content (AvgIpc) is 2.83. The van der Waals surface area contributed by atoms with E-state index in [1.165, 1.54) is 19.9 Å². The number of halogens is 4. The molecule has 0 saturated heterocycles. The number of ether oxygens (including phenoxy) is 1. The fourth-order valence-corrected chi connectivity index (χ4v) is 3.11. The van der Waals surface area contributed by atoms with E-state index in [9.17, 15) is 22.7 Å². The number of rotatable bonds is 5. The van der Waals surface area contributed by atoms with Gasteiger partial charge in [0.2, 0.25) is 0 Å². The van der Waals surface area contributed by atoms with Crippen molar-refractivity contribution in [3.63, 3.8) is 0 Å². The molecule has 130 valence electrons. The van der Waals surface area contributed by atoms with Gasteiger partial charge in [0.05, 0.1) is 6.61 Å². The number of hydrogen-bond acceptors (Lipinski definition) is 3. The van der Waals surface area contributed by atoms with Crippen LogP contribution in [0.4, 0.5) is 17.6 Å². The molecule has 2 N–H and O–H groups in total. The summed E-state index contributed by atoms with van der Waals surface area (Å²) in [7, 11) is 0. The summed E-state index contributed by atoms with van der Waals surface area (Å²) in [5.41, 5.74) is -3.34. The van der Waals surface area contributed by atoms with E-state index in [1.807, 2.05) is 0 Å². The smallest absolute Gasteiger partial charge is 0.417 e. The normalized spacial score (nSPS) is 17.6. The molecule has 1 aliphatic rings. The quantitative estimate of drug-likeness (QED) is 0.813. The highest BCUT2D eigenvalue weighted by Crippen LogP contribution is 2.46. The van der Waals surface area contributed by atoms with Crippen molar-refractivity contribution < 1.29 is 32.5 Å². The molecule has 0 aromatic heterocycles. The van der Waals surface area contributed by atoms with Crippen LogP contribution >= 0.6 is 0 Å². The first-order valence-electron chi connectivity index (χ1n) is 7.36. The lowest BCUT2D eigenvalue weighted by Crippen LogP contribution is -2.49. The number of benzene rings is 1. The molecular formula is C16H20F4O3. The van der Waals surface area contributed by atoms with Crippen LogP contribution in [-0.4, -0.2) is 35.2 Å². The zero-order valence-corrected chi connectivity index (χ0v) is 13.0. The number of aliphatic hydroxyl groups excluding tert-OH is 1. The summed E-state index contributed by atoms with van der Waals surface area (Å²) in [5, 5.41) is 18.9. The maximum Gasteiger partial charge on any atom is 0.417 e. The molecule has 0 aliphatic carbocycles. The molecule has 7 heteroatoms. The summed E-state index contributed by atoms with van der Waals surface area (Å²) in [4.78, 5) is 0. The van der Waals surface area contributed by atoms with Crippen LogP contribution in [-0.2, 0) is 11.8 Å². The maximum atomic E-state index is 13.8. The van der Waals surface area contributed by atoms with Crippen molar-refractivity contribution in [1.82, 2.24) is 0 Å². The van der Waals surface area contributed by atoms with Gasteiger partial charge in [-0.25, -0.2) is 4.39 Å². The largest absolute Gasteiger partial charge is 0.493 e. The minimum absolute atomic E-state index is 0.297. The zero-order chi connectivity index (χ0) is 17.5. The topological polar surface area (TPSA) is 49.7 Å². The van der Waals surface area contributed by atoms with Crippen LogP contribution in [0, 0.1) is 5.82 Å². The Kier molecular flexibility index (Phi) is 4.65. The van der Waals surface area contributed by atoms with Gasteiger partial charge >= 0.3 is 6.18 Å². The Bertz CT molecular complexity index is 583. The first-order chi connectivity index (χ1) is 10.5. The van der Waals surface area contributed by atoms with Crippen LogP contribution in [0.15, 0.2) is 12.1 Å². The predicted octanol–water partition coefficient (Wildman–Crippen LogP) is 3.10. The second-order valence-corrected chi connectivity index (χ2v) is 6.60. The second kappa shape index (κ2) is 5.94. The van der Waals surface area contributed by atoms with Crippen LogP contribution in [0.3, 0.4) is 0 Å². The summed E-state index contributed by atoms with van der Waals surface area (Å²) >= 11 is 0. The highest BCUT2D eigenvalue weighted by Gasteiger charge is 2.55. The van der Waals surface area contributed by atoms with Gasteiger partial charge in [-0.3, -0.25) is 0 Å². The summed E-state index contributed by atoms with van der Waals surface area (Å²) in [5.74, 6) is -0.153. The van der Waals surface area contributed by atoms with Crippen molar-refractivity contribution in [3.05, 3.63) is 29.1 Å². The molecule has 23 heavy (non-hydrogen) atoms. The third-order valence-corrected chi connectivity index (χ3v) is 4.26. The fourth-order valence-electron chi connectivity index (χ4n) is 3.11. The molecule has 3 nitrogen and oxygen atoms in total. The van der Waals surface area contributed by atoms with Gasteiger partial charge in [0, 0.05) is 30.6 Å². The van der Waals surface area contributed by atoms with Crippen molar-refractivity contribution >= 4 is 0 Å². The van der Waals surface area contributed by atoms with Crippen molar-refractivity contribution in [2.45, 2.75) is 50.3 Å². The standard InChI is InChI=1S/C16H20F4O3/c1-14(2,9-15(22,4-5-21)16(18,19)20)12-8-11(17)7-10-3-6-23-13(10)12/h7-8,21-22H,3-6,9H2,1-2H3/t15-/m1/s1. The zero-order valence-electron chi connectivity index (χ0n) is 13.0. The molecule has 0 bridgehead atoms. The van der Waals surface area contributed by atoms with Gasteiger partial charge in [-0.2, -0.15) is 13.2 Å². The SMILES string of the molecule is CC(C)(C[C@](O)(CCO)C(F)(F)F)c1cc(F)cc2c1OCC2. The second-order valence-electron chi connectivity index (χ2n) is 6.60. The Morgan fingerprint density at radius 1 is 1.22 bits per heavy atom. The molecule has 0 fully saturated rings. The van der Waals surface area contributed by atoms with Crippen LogP contribution in [0.2, 0.25) is 0 Å². The van der Waals surface area contributed by atoms with E-state index in [-0.39, 0.29) is 0 Å². The third-order valence-electron chi connectivity index (χ3n) is 4.26. The Morgan fingerprint density at radius 3 is 2.43 bits per heavy atom. The van der Waals surface area contributed by atoms with Crippen molar-refractivity contribution in [1.29, 1.82) is 0 Å². The molecule has 2 rings (SSSR count). The van der Waals surface area contributed by atoms with Gasteiger partial charge < -0.3 is 14.9 Å². The van der Waals surface area contributed by atoms with Gasteiger partial charge in [0.15, 0.2) is 5.60 Å². The molecule has 0 radical (unpaired) electrons. The molecule has 0 spiro atoms. The summed E-state index contributed by atoms with van der Waals surface area (Å²) in [6.07, 6.45) is -5.94. The predicted molar refractivity (Wildman–Crippen MR) is 75.9 cm³/mol. The molecular weight excluding hydrogens is 316 g/mol. The highest BCUT2D eigenvalue weighted by molar-refractivity contribution is 5.48. The number of aliphatic hydroxyl groups is 2. The molecule has 0 saturated carbocycles. The van der Waals surface area contributed by atoms with Gasteiger partial charge in [-0.15, -0.1) is 0 Å². The highest BCUT2D eigenvalue weighted by atomic mass is 19.4. The minimum atomic E-state index is -4.90. The van der Waals surface area contributed by atoms with E-state index in [1.54, 1.807) is 0 Å². The molecule has 0 unspecified atom stereocenters. The van der Waals surface area contributed by atoms with E-state index in [4.69, 9.17) is 9.84 Å². The third kappa shape index (κ3) is 3.45. The summed E-state index contributed by atoms with van der Waals surface area (Å²) in [6.45, 7) is 2.54. The van der Waals surface area contributed by atoms with Crippen molar-refractivity contribution in [2.75, 3.05) is 13.2 Å². The van der Waals surface area contributed by atoms with E-state index in [2.05, 4.69) is 0 Å². The Labute approximate surface area is 131 Å². The van der Waals surface area contributed by atoms with E-state index in [0.29, 0.717) is 29.9 Å². The first-order valence-corrected chi connectivity index (χ1v) is 7.36. The lowest BCUT2D eigenvalue weighted by Gasteiger charge is -2.38. The van der Waals surface area contributed by atoms with E-state index >= 15 is 0 Å². The molecule has 0 amide bonds. The van der Waals surface area contributed by atoms with Crippen LogP contribution in [0.1, 0.15) is 37.8 Å². The first kappa shape index (κ1) is 18.0. The Morgan fingerprint density at radius 2 is 1.87 bits per heavy atom. The molecule has 1 aliphatic heterocycles. The minimum Gasteiger partial charge on any atom is -0.493 e. The number of fused-ring (bicyclic) bond motifs is 1. The van der Waals surface area contributed by atoms with Gasteiger partial charge in [0.25, 0.3) is 0 Å². The van der Waals surface area contributed by atoms with Gasteiger partial charge in [0.1, 0.15) is 11.6 Å². The summed E-state index contributed by atoms with van der Waals surface area (Å²) < 4.78 is 58.9. The Hall–Kier alpha value is -1.34. The lowest BCUT2D eigenvalue weighted by atomic mass is 9.73. The van der Waals surface area contributed by atoms with Crippen LogP contribution in [0.5, 0.6) is 5.75 Å². The lowest BCUT2D eigenvalue weighted by molar-refractivity contribution is -0.271. The molecule has 1 aromatic rings. The maximum absolute atomic E-state index is 13.8. The van der Waals surface area contributed by atoms with Gasteiger partial charge in [-0.1, -0.05) is 13.8 Å². The summed E-state index contributed by atoms with van der Waals surface area (Å²) in [6, 6.07) is 2.46. The van der Waals surface area contributed by atoms with E-state index < -0.39 is 42.5 Å². The molecule has 1 heterocycles. The van der Waals surface area contributed by atoms with E-state index in [0.717, 1.165) is 6.07 Å². The number of hydrogen-bond donors (Lipinski definition) is 2. The monoisotopic (exact) mass is 336 g/mol. The Balaban J connectivity index is 2.42. The van der Waals surface area contributed by atoms with Crippen molar-refractivity contribution in [3.8, 4) is 5.75 Å². The number of alkyl halides is 3. The average molecular weight is 336 g/mol. The molecule has 1 atom stereocenters.